The molecule has 5 rings (SSSR count). The number of esters is 1. The summed E-state index contributed by atoms with van der Waals surface area (Å²) in [5, 5.41) is 0. The molecule has 0 amide bonds. The molecule has 2 aromatic rings. The molecule has 1 aliphatic carbocycles. The number of ether oxygens (including phenoxy) is 6. The van der Waals surface area contributed by atoms with E-state index in [0.717, 1.165) is 0 Å². The molecule has 0 bridgehead atoms. The SMILES string of the molecule is COc1cc([C@@H]2c3cc4c(c(OP(=O)(O)O)c3CC3COC(=O)C32)OCO4)cc(OC)c1OC.[Na]. The molecule has 11 nitrogen and oxygen atoms in total. The van der Waals surface area contributed by atoms with E-state index in [1.54, 1.807) is 18.2 Å². The predicted molar refractivity (Wildman–Crippen MR) is 121 cm³/mol. The Hall–Kier alpha value is -2.14. The summed E-state index contributed by atoms with van der Waals surface area (Å²) >= 11 is 0. The zero-order valence-corrected chi connectivity index (χ0v) is 22.5. The molecular weight excluding hydrogens is 494 g/mol. The van der Waals surface area contributed by atoms with Gasteiger partial charge in [0, 0.05) is 47.0 Å². The second-order valence-electron chi connectivity index (χ2n) is 8.15. The van der Waals surface area contributed by atoms with Crippen LogP contribution in [0.3, 0.4) is 0 Å². The second kappa shape index (κ2) is 9.72. The van der Waals surface area contributed by atoms with Crippen LogP contribution in [0.25, 0.3) is 0 Å². The maximum atomic E-state index is 12.9. The van der Waals surface area contributed by atoms with Gasteiger partial charge in [0.1, 0.15) is 0 Å². The number of rotatable bonds is 6. The topological polar surface area (TPSA) is 139 Å². The van der Waals surface area contributed by atoms with E-state index in [1.165, 1.54) is 21.3 Å². The molecule has 1 fully saturated rings. The first-order valence-electron chi connectivity index (χ1n) is 10.4. The minimum Gasteiger partial charge on any atom is -0.493 e. The molecule has 2 heterocycles. The maximum Gasteiger partial charge on any atom is 0.524 e. The smallest absolute Gasteiger partial charge is 0.493 e. The van der Waals surface area contributed by atoms with Crippen LogP contribution < -0.4 is 28.2 Å². The number of benzene rings is 2. The molecule has 0 spiro atoms. The molecule has 2 aromatic carbocycles. The van der Waals surface area contributed by atoms with E-state index in [-0.39, 0.29) is 72.1 Å². The number of hydrogen-bond donors (Lipinski definition) is 2. The normalized spacial score (nSPS) is 21.9. The van der Waals surface area contributed by atoms with Crippen molar-refractivity contribution in [1.29, 1.82) is 0 Å². The molecule has 13 heteroatoms. The van der Waals surface area contributed by atoms with E-state index < -0.39 is 19.7 Å². The Kier molecular flexibility index (Phi) is 7.21. The first-order chi connectivity index (χ1) is 16.3. The largest absolute Gasteiger partial charge is 0.524 e. The maximum absolute atomic E-state index is 12.9. The van der Waals surface area contributed by atoms with Gasteiger partial charge < -0.3 is 32.9 Å². The van der Waals surface area contributed by atoms with Gasteiger partial charge in [-0.25, -0.2) is 4.57 Å². The Labute approximate surface area is 223 Å². The predicted octanol–water partition coefficient (Wildman–Crippen LogP) is 2.01. The average Bonchev–Trinajstić information content (AvgIpc) is 3.42. The third-order valence-corrected chi connectivity index (χ3v) is 6.81. The molecule has 1 radical (unpaired) electrons. The second-order valence-corrected chi connectivity index (χ2v) is 9.31. The molecule has 2 unspecified atom stereocenters. The molecule has 3 atom stereocenters. The van der Waals surface area contributed by atoms with Crippen molar-refractivity contribution in [2.24, 2.45) is 11.8 Å². The van der Waals surface area contributed by atoms with E-state index in [1.807, 2.05) is 0 Å². The van der Waals surface area contributed by atoms with Crippen molar-refractivity contribution < 1.29 is 52.1 Å². The summed E-state index contributed by atoms with van der Waals surface area (Å²) in [5.41, 5.74) is 1.80. The van der Waals surface area contributed by atoms with Gasteiger partial charge in [-0.05, 0) is 35.7 Å². The van der Waals surface area contributed by atoms with Gasteiger partial charge in [-0.1, -0.05) is 0 Å². The van der Waals surface area contributed by atoms with Gasteiger partial charge in [0.25, 0.3) is 0 Å². The van der Waals surface area contributed by atoms with Crippen LogP contribution in [0, 0.1) is 11.8 Å². The van der Waals surface area contributed by atoms with E-state index in [4.69, 9.17) is 32.9 Å². The molecule has 2 N–H and O–H groups in total. The van der Waals surface area contributed by atoms with E-state index in [9.17, 15) is 19.1 Å². The molecule has 1 saturated heterocycles. The summed E-state index contributed by atoms with van der Waals surface area (Å²) in [7, 11) is -0.446. The van der Waals surface area contributed by atoms with Crippen LogP contribution >= 0.6 is 7.82 Å². The van der Waals surface area contributed by atoms with Gasteiger partial charge in [0.2, 0.25) is 18.3 Å². The van der Waals surface area contributed by atoms with Crippen molar-refractivity contribution in [3.8, 4) is 34.5 Å². The van der Waals surface area contributed by atoms with Crippen LogP contribution in [-0.2, 0) is 20.5 Å². The molecule has 3 aliphatic rings. The van der Waals surface area contributed by atoms with E-state index in [0.29, 0.717) is 40.4 Å². The van der Waals surface area contributed by atoms with E-state index >= 15 is 0 Å². The van der Waals surface area contributed by atoms with Crippen molar-refractivity contribution in [2.75, 3.05) is 34.7 Å². The third kappa shape index (κ3) is 4.45. The number of carbonyl (C=O) groups is 1. The molecular formula is C22H23NaO11P. The average molecular weight is 517 g/mol. The Balaban J connectivity index is 0.00000289. The number of cyclic esters (lactones) is 1. The van der Waals surface area contributed by atoms with Crippen LogP contribution in [0.1, 0.15) is 22.6 Å². The number of hydrogen-bond acceptors (Lipinski definition) is 9. The molecule has 35 heavy (non-hydrogen) atoms. The molecule has 0 saturated carbocycles. The number of methoxy groups -OCH3 is 3. The van der Waals surface area contributed by atoms with E-state index in [2.05, 4.69) is 0 Å². The Morgan fingerprint density at radius 1 is 0.971 bits per heavy atom. The van der Waals surface area contributed by atoms with Crippen LogP contribution in [0.15, 0.2) is 18.2 Å². The fourth-order valence-electron chi connectivity index (χ4n) is 5.07. The Morgan fingerprint density at radius 2 is 1.66 bits per heavy atom. The van der Waals surface area contributed by atoms with Gasteiger partial charge >= 0.3 is 13.8 Å². The Morgan fingerprint density at radius 3 is 2.26 bits per heavy atom. The zero-order valence-electron chi connectivity index (χ0n) is 19.6. The monoisotopic (exact) mass is 517 g/mol. The molecule has 2 aliphatic heterocycles. The number of phosphoric acid groups is 1. The first kappa shape index (κ1) is 25.9. The van der Waals surface area contributed by atoms with Crippen LogP contribution in [-0.4, -0.2) is 80.0 Å². The van der Waals surface area contributed by atoms with Gasteiger partial charge in [-0.2, -0.15) is 0 Å². The standard InChI is InChI=1S/C22H23O11P.Na/c1-27-14-5-10(6-15(28-2)20(14)29-3)17-12-7-16-21(32-9-31-16)19(33-34(24,25)26)13(12)4-11-8-30-22(23)18(11)17;/h5-7,11,17-18H,4,8-9H2,1-3H3,(H2,24,25,26);/t11?,17-,18?;/m1./s1. The van der Waals surface area contributed by atoms with Gasteiger partial charge in [0.15, 0.2) is 23.0 Å². The summed E-state index contributed by atoms with van der Waals surface area (Å²) in [5.74, 6) is -0.213. The van der Waals surface area contributed by atoms with Crippen molar-refractivity contribution in [3.05, 3.63) is 34.9 Å². The minimum atomic E-state index is -4.92. The minimum absolute atomic E-state index is 0. The summed E-state index contributed by atoms with van der Waals surface area (Å²) in [6, 6.07) is 5.22. The van der Waals surface area contributed by atoms with Gasteiger partial charge in [-0.3, -0.25) is 14.6 Å². The summed E-state index contributed by atoms with van der Waals surface area (Å²) in [6.45, 7) is 0.0488. The quantitative estimate of drug-likeness (QED) is 0.330. The van der Waals surface area contributed by atoms with Crippen LogP contribution in [0.4, 0.5) is 0 Å². The summed E-state index contributed by atoms with van der Waals surface area (Å²) < 4.78 is 49.7. The fourth-order valence-corrected chi connectivity index (χ4v) is 5.50. The third-order valence-electron chi connectivity index (χ3n) is 6.39. The first-order valence-corrected chi connectivity index (χ1v) is 12.0. The van der Waals surface area contributed by atoms with Crippen molar-refractivity contribution in [2.45, 2.75) is 12.3 Å². The number of phosphoric ester groups is 1. The van der Waals surface area contributed by atoms with Crippen molar-refractivity contribution >= 4 is 43.3 Å². The number of carbonyl (C=O) groups excluding carboxylic acids is 1. The zero-order chi connectivity index (χ0) is 24.2. The summed E-state index contributed by atoms with van der Waals surface area (Å²) in [6.07, 6.45) is 0.304. The van der Waals surface area contributed by atoms with Crippen LogP contribution in [0.2, 0.25) is 0 Å². The van der Waals surface area contributed by atoms with Crippen molar-refractivity contribution in [3.63, 3.8) is 0 Å². The number of fused-ring (bicyclic) bond motifs is 3. The molecule has 0 aromatic heterocycles. The fraction of sp³-hybridized carbons (Fsp3) is 0.409. The van der Waals surface area contributed by atoms with Gasteiger partial charge in [-0.15, -0.1) is 0 Å². The van der Waals surface area contributed by atoms with Gasteiger partial charge in [0.05, 0.1) is 33.9 Å². The van der Waals surface area contributed by atoms with Crippen LogP contribution in [0.5, 0.6) is 34.5 Å². The Bertz CT molecular complexity index is 1190. The summed E-state index contributed by atoms with van der Waals surface area (Å²) in [4.78, 5) is 32.0. The molecule has 183 valence electrons. The van der Waals surface area contributed by atoms with Crippen molar-refractivity contribution in [1.82, 2.24) is 0 Å².